The number of carbonyl (C=O) groups is 1. The topological polar surface area (TPSA) is 54.5 Å². The van der Waals surface area contributed by atoms with Crippen molar-refractivity contribution in [2.24, 2.45) is 0 Å². The Morgan fingerprint density at radius 1 is 1.63 bits per heavy atom. The zero-order chi connectivity index (χ0) is 13.7. The number of hydrogen-bond donors (Lipinski definition) is 1. The highest BCUT2D eigenvalue weighted by Gasteiger charge is 2.31. The first kappa shape index (κ1) is 13.8. The molecule has 1 saturated heterocycles. The molecule has 0 saturated carbocycles. The molecule has 0 aliphatic carbocycles. The average molecular weight is 263 g/mol. The number of likely N-dealkylation sites (tertiary alicyclic amines) is 1. The van der Waals surface area contributed by atoms with Crippen LogP contribution in [0.2, 0.25) is 0 Å². The highest BCUT2D eigenvalue weighted by Crippen LogP contribution is 2.21. The molecule has 0 radical (unpaired) electrons. The van der Waals surface area contributed by atoms with Gasteiger partial charge in [-0.1, -0.05) is 0 Å². The predicted molar refractivity (Wildman–Crippen MR) is 73.8 cm³/mol. The molecule has 5 nitrogen and oxygen atoms in total. The Balaban J connectivity index is 2.03. The lowest BCUT2D eigenvalue weighted by molar-refractivity contribution is -0.146. The second-order valence-electron chi connectivity index (χ2n) is 4.72. The lowest BCUT2D eigenvalue weighted by Gasteiger charge is -2.22. The summed E-state index contributed by atoms with van der Waals surface area (Å²) >= 11 is 0. The van der Waals surface area contributed by atoms with Crippen molar-refractivity contribution in [2.75, 3.05) is 25.5 Å². The van der Waals surface area contributed by atoms with Gasteiger partial charge in [-0.2, -0.15) is 0 Å². The molecule has 104 valence electrons. The van der Waals surface area contributed by atoms with Crippen LogP contribution in [-0.4, -0.2) is 42.1 Å². The Hall–Kier alpha value is -1.62. The Morgan fingerprint density at radius 2 is 2.47 bits per heavy atom. The van der Waals surface area contributed by atoms with Crippen LogP contribution < -0.4 is 5.32 Å². The minimum atomic E-state index is -0.139. The maximum absolute atomic E-state index is 11.7. The highest BCUT2D eigenvalue weighted by atomic mass is 16.5. The second-order valence-corrected chi connectivity index (χ2v) is 4.72. The fourth-order valence-corrected chi connectivity index (χ4v) is 2.51. The van der Waals surface area contributed by atoms with E-state index in [9.17, 15) is 4.79 Å². The second kappa shape index (κ2) is 6.52. The van der Waals surface area contributed by atoms with E-state index in [-0.39, 0.29) is 12.0 Å². The average Bonchev–Trinajstić information content (AvgIpc) is 2.87. The molecule has 2 heterocycles. The van der Waals surface area contributed by atoms with Crippen LogP contribution in [0.15, 0.2) is 18.3 Å². The number of aromatic nitrogens is 1. The molecule has 19 heavy (non-hydrogen) atoms. The molecule has 1 N–H and O–H groups in total. The van der Waals surface area contributed by atoms with Crippen LogP contribution in [0.25, 0.3) is 0 Å². The normalized spacial score (nSPS) is 19.4. The smallest absolute Gasteiger partial charge is 0.323 e. The van der Waals surface area contributed by atoms with Gasteiger partial charge in [0.25, 0.3) is 0 Å². The molecule has 2 rings (SSSR count). The Labute approximate surface area is 114 Å². The summed E-state index contributed by atoms with van der Waals surface area (Å²) in [5.41, 5.74) is 2.05. The zero-order valence-electron chi connectivity index (χ0n) is 11.6. The molecule has 1 atom stereocenters. The zero-order valence-corrected chi connectivity index (χ0v) is 11.6. The number of nitrogens with zero attached hydrogens (tertiary/aromatic N) is 2. The first-order valence-corrected chi connectivity index (χ1v) is 6.75. The number of rotatable bonds is 5. The van der Waals surface area contributed by atoms with Crippen molar-refractivity contribution in [3.8, 4) is 0 Å². The van der Waals surface area contributed by atoms with E-state index in [0.717, 1.165) is 37.3 Å². The standard InChI is InChI=1S/C14H21N3O2/c1-3-15-11-6-7-16-12(9-11)10-17-8-4-5-13(17)14(18)19-2/h6-7,9,13H,3-5,8,10H2,1-2H3,(H,15,16). The van der Waals surface area contributed by atoms with Crippen molar-refractivity contribution in [3.05, 3.63) is 24.0 Å². The number of anilines is 1. The summed E-state index contributed by atoms with van der Waals surface area (Å²) in [5.74, 6) is -0.139. The third-order valence-electron chi connectivity index (χ3n) is 3.40. The molecular weight excluding hydrogens is 242 g/mol. The molecule has 0 bridgehead atoms. The van der Waals surface area contributed by atoms with Gasteiger partial charge >= 0.3 is 5.97 Å². The highest BCUT2D eigenvalue weighted by molar-refractivity contribution is 5.75. The van der Waals surface area contributed by atoms with E-state index in [1.165, 1.54) is 7.11 Å². The van der Waals surface area contributed by atoms with E-state index in [2.05, 4.69) is 22.1 Å². The molecule has 1 aromatic rings. The maximum Gasteiger partial charge on any atom is 0.323 e. The molecule has 5 heteroatoms. The van der Waals surface area contributed by atoms with Gasteiger partial charge in [-0.05, 0) is 38.4 Å². The summed E-state index contributed by atoms with van der Waals surface area (Å²) in [6.07, 6.45) is 3.71. The molecule has 1 fully saturated rings. The third-order valence-corrected chi connectivity index (χ3v) is 3.40. The van der Waals surface area contributed by atoms with E-state index >= 15 is 0 Å². The molecule has 0 aromatic carbocycles. The number of pyridine rings is 1. The number of hydrogen-bond acceptors (Lipinski definition) is 5. The van der Waals surface area contributed by atoms with Gasteiger partial charge in [-0.25, -0.2) is 0 Å². The van der Waals surface area contributed by atoms with Crippen LogP contribution in [0.5, 0.6) is 0 Å². The van der Waals surface area contributed by atoms with E-state index < -0.39 is 0 Å². The summed E-state index contributed by atoms with van der Waals surface area (Å²) in [4.78, 5) is 18.2. The Morgan fingerprint density at radius 3 is 3.21 bits per heavy atom. The predicted octanol–water partition coefficient (Wildman–Crippen LogP) is 1.65. The summed E-state index contributed by atoms with van der Waals surface area (Å²) in [6, 6.07) is 3.87. The van der Waals surface area contributed by atoms with Crippen LogP contribution >= 0.6 is 0 Å². The van der Waals surface area contributed by atoms with Gasteiger partial charge in [0, 0.05) is 25.0 Å². The maximum atomic E-state index is 11.7. The van der Waals surface area contributed by atoms with Gasteiger partial charge in [0.05, 0.1) is 12.8 Å². The minimum absolute atomic E-state index is 0.116. The Bertz CT molecular complexity index is 436. The van der Waals surface area contributed by atoms with Crippen LogP contribution in [0.1, 0.15) is 25.5 Å². The van der Waals surface area contributed by atoms with Gasteiger partial charge < -0.3 is 10.1 Å². The summed E-state index contributed by atoms with van der Waals surface area (Å²) in [7, 11) is 1.45. The molecule has 0 amide bonds. The fourth-order valence-electron chi connectivity index (χ4n) is 2.51. The number of carbonyl (C=O) groups excluding carboxylic acids is 1. The Kier molecular flexibility index (Phi) is 4.74. The number of esters is 1. The molecular formula is C14H21N3O2. The molecule has 1 unspecified atom stereocenters. The first-order chi connectivity index (χ1) is 9.24. The van der Waals surface area contributed by atoms with Crippen LogP contribution in [0, 0.1) is 0 Å². The molecule has 1 aromatic heterocycles. The van der Waals surface area contributed by atoms with Crippen molar-refractivity contribution in [1.29, 1.82) is 0 Å². The quantitative estimate of drug-likeness (QED) is 0.819. The third kappa shape index (κ3) is 3.44. The van der Waals surface area contributed by atoms with Crippen molar-refractivity contribution < 1.29 is 9.53 Å². The van der Waals surface area contributed by atoms with Crippen LogP contribution in [0.4, 0.5) is 5.69 Å². The van der Waals surface area contributed by atoms with E-state index in [1.807, 2.05) is 12.1 Å². The van der Waals surface area contributed by atoms with Gasteiger partial charge in [0.2, 0.25) is 0 Å². The number of nitrogens with one attached hydrogen (secondary N) is 1. The van der Waals surface area contributed by atoms with Gasteiger partial charge in [-0.3, -0.25) is 14.7 Å². The van der Waals surface area contributed by atoms with Crippen molar-refractivity contribution in [1.82, 2.24) is 9.88 Å². The minimum Gasteiger partial charge on any atom is -0.468 e. The van der Waals surface area contributed by atoms with E-state index in [4.69, 9.17) is 4.74 Å². The van der Waals surface area contributed by atoms with Gasteiger partial charge in [0.15, 0.2) is 0 Å². The van der Waals surface area contributed by atoms with Crippen molar-refractivity contribution in [3.63, 3.8) is 0 Å². The monoisotopic (exact) mass is 263 g/mol. The fraction of sp³-hybridized carbons (Fsp3) is 0.571. The summed E-state index contributed by atoms with van der Waals surface area (Å²) < 4.78 is 4.85. The number of ether oxygens (including phenoxy) is 1. The van der Waals surface area contributed by atoms with E-state index in [1.54, 1.807) is 6.20 Å². The van der Waals surface area contributed by atoms with E-state index in [0.29, 0.717) is 6.54 Å². The SMILES string of the molecule is CCNc1ccnc(CN2CCCC2C(=O)OC)c1. The van der Waals surface area contributed by atoms with Crippen LogP contribution in [-0.2, 0) is 16.1 Å². The van der Waals surface area contributed by atoms with Crippen LogP contribution in [0.3, 0.4) is 0 Å². The van der Waals surface area contributed by atoms with Gasteiger partial charge in [0.1, 0.15) is 6.04 Å². The largest absolute Gasteiger partial charge is 0.468 e. The van der Waals surface area contributed by atoms with Crippen molar-refractivity contribution in [2.45, 2.75) is 32.4 Å². The lowest BCUT2D eigenvalue weighted by Crippen LogP contribution is -2.36. The molecule has 1 aliphatic rings. The molecule has 0 spiro atoms. The molecule has 1 aliphatic heterocycles. The van der Waals surface area contributed by atoms with Crippen molar-refractivity contribution >= 4 is 11.7 Å². The summed E-state index contributed by atoms with van der Waals surface area (Å²) in [5, 5.41) is 3.27. The number of methoxy groups -OCH3 is 1. The van der Waals surface area contributed by atoms with Gasteiger partial charge in [-0.15, -0.1) is 0 Å². The lowest BCUT2D eigenvalue weighted by atomic mass is 10.2. The first-order valence-electron chi connectivity index (χ1n) is 6.75. The summed E-state index contributed by atoms with van der Waals surface area (Å²) in [6.45, 7) is 4.57.